The average molecular weight is 224 g/mol. The van der Waals surface area contributed by atoms with Crippen molar-refractivity contribution in [3.63, 3.8) is 0 Å². The van der Waals surface area contributed by atoms with Crippen molar-refractivity contribution in [2.24, 2.45) is 0 Å². The van der Waals surface area contributed by atoms with Gasteiger partial charge in [-0.1, -0.05) is 0 Å². The van der Waals surface area contributed by atoms with E-state index in [1.165, 1.54) is 6.07 Å². The van der Waals surface area contributed by atoms with Crippen LogP contribution in [0.3, 0.4) is 0 Å². The van der Waals surface area contributed by atoms with E-state index in [9.17, 15) is 4.79 Å². The van der Waals surface area contributed by atoms with Crippen LogP contribution in [-0.4, -0.2) is 29.4 Å². The van der Waals surface area contributed by atoms with Gasteiger partial charge in [-0.25, -0.2) is 4.79 Å². The maximum Gasteiger partial charge on any atom is 0.335 e. The third-order valence-corrected chi connectivity index (χ3v) is 2.23. The van der Waals surface area contributed by atoms with Gasteiger partial charge in [0.05, 0.1) is 12.2 Å². The normalized spacial score (nSPS) is 10.1. The van der Waals surface area contributed by atoms with Crippen LogP contribution in [0.1, 0.15) is 28.8 Å². The van der Waals surface area contributed by atoms with Crippen LogP contribution in [0.2, 0.25) is 0 Å². The van der Waals surface area contributed by atoms with Crippen LogP contribution < -0.4 is 4.74 Å². The van der Waals surface area contributed by atoms with Crippen LogP contribution in [-0.2, 0) is 0 Å². The smallest absolute Gasteiger partial charge is 0.335 e. The second-order valence-electron chi connectivity index (χ2n) is 3.56. The lowest BCUT2D eigenvalue weighted by atomic mass is 10.1. The Balaban J connectivity index is 2.57. The molecule has 0 amide bonds. The third-order valence-electron chi connectivity index (χ3n) is 2.23. The van der Waals surface area contributed by atoms with Gasteiger partial charge >= 0.3 is 5.97 Å². The molecule has 88 valence electrons. The molecule has 0 atom stereocenters. The number of carboxylic acid groups (broad SMARTS) is 1. The summed E-state index contributed by atoms with van der Waals surface area (Å²) >= 11 is 0. The van der Waals surface area contributed by atoms with E-state index < -0.39 is 5.97 Å². The van der Waals surface area contributed by atoms with Crippen LogP contribution >= 0.6 is 0 Å². The number of aliphatic hydroxyl groups is 1. The molecule has 0 unspecified atom stereocenters. The van der Waals surface area contributed by atoms with Crippen molar-refractivity contribution < 1.29 is 19.7 Å². The number of benzene rings is 1. The van der Waals surface area contributed by atoms with E-state index in [1.54, 1.807) is 12.1 Å². The molecular weight excluding hydrogens is 208 g/mol. The van der Waals surface area contributed by atoms with Crippen LogP contribution in [0.15, 0.2) is 18.2 Å². The molecule has 4 nitrogen and oxygen atoms in total. The van der Waals surface area contributed by atoms with E-state index in [0.29, 0.717) is 18.8 Å². The Labute approximate surface area is 94.5 Å². The minimum Gasteiger partial charge on any atom is -0.493 e. The summed E-state index contributed by atoms with van der Waals surface area (Å²) in [5.41, 5.74) is 1.07. The van der Waals surface area contributed by atoms with Gasteiger partial charge in [0.25, 0.3) is 0 Å². The number of aromatic carboxylic acids is 1. The molecule has 0 saturated heterocycles. The maximum absolute atomic E-state index is 10.7. The number of carboxylic acids is 1. The molecule has 0 radical (unpaired) electrons. The van der Waals surface area contributed by atoms with Crippen LogP contribution in [0.4, 0.5) is 0 Å². The fourth-order valence-corrected chi connectivity index (χ4v) is 1.34. The predicted octanol–water partition coefficient (Wildman–Crippen LogP) is 1.84. The molecular formula is C12H16O4. The zero-order valence-electron chi connectivity index (χ0n) is 9.27. The number of unbranched alkanes of at least 4 members (excludes halogenated alkanes) is 1. The minimum absolute atomic E-state index is 0.167. The molecule has 1 rings (SSSR count). The first kappa shape index (κ1) is 12.5. The van der Waals surface area contributed by atoms with E-state index in [0.717, 1.165) is 12.0 Å². The summed E-state index contributed by atoms with van der Waals surface area (Å²) in [6.07, 6.45) is 1.50. The van der Waals surface area contributed by atoms with Gasteiger partial charge in [-0.05, 0) is 43.5 Å². The summed E-state index contributed by atoms with van der Waals surface area (Å²) in [6, 6.07) is 4.78. The largest absolute Gasteiger partial charge is 0.493 e. The van der Waals surface area contributed by atoms with Crippen LogP contribution in [0.5, 0.6) is 5.75 Å². The highest BCUT2D eigenvalue weighted by Crippen LogP contribution is 2.19. The third kappa shape index (κ3) is 3.55. The fourth-order valence-electron chi connectivity index (χ4n) is 1.34. The first-order chi connectivity index (χ1) is 7.65. The molecule has 0 fully saturated rings. The SMILES string of the molecule is Cc1cc(C(=O)O)ccc1OCCCCO. The molecule has 0 saturated carbocycles. The molecule has 2 N–H and O–H groups in total. The van der Waals surface area contributed by atoms with Gasteiger partial charge in [0.1, 0.15) is 5.75 Å². The van der Waals surface area contributed by atoms with Crippen molar-refractivity contribution in [1.82, 2.24) is 0 Å². The fraction of sp³-hybridized carbons (Fsp3) is 0.417. The van der Waals surface area contributed by atoms with Crippen molar-refractivity contribution in [2.75, 3.05) is 13.2 Å². The summed E-state index contributed by atoms with van der Waals surface area (Å²) in [5, 5.41) is 17.4. The average Bonchev–Trinajstić information content (AvgIpc) is 2.26. The van der Waals surface area contributed by atoms with Crippen LogP contribution in [0.25, 0.3) is 0 Å². The molecule has 0 aliphatic heterocycles. The molecule has 0 bridgehead atoms. The van der Waals surface area contributed by atoms with Gasteiger partial charge in [-0.3, -0.25) is 0 Å². The number of rotatable bonds is 6. The highest BCUT2D eigenvalue weighted by molar-refractivity contribution is 5.88. The molecule has 4 heteroatoms. The molecule has 1 aromatic rings. The minimum atomic E-state index is -0.935. The molecule has 1 aromatic carbocycles. The van der Waals surface area contributed by atoms with Crippen LogP contribution in [0, 0.1) is 6.92 Å². The molecule has 0 heterocycles. The zero-order chi connectivity index (χ0) is 12.0. The lowest BCUT2D eigenvalue weighted by Crippen LogP contribution is -2.02. The first-order valence-electron chi connectivity index (χ1n) is 5.22. The van der Waals surface area contributed by atoms with Gasteiger partial charge < -0.3 is 14.9 Å². The number of hydrogen-bond acceptors (Lipinski definition) is 3. The van der Waals surface area contributed by atoms with E-state index in [1.807, 2.05) is 6.92 Å². The van der Waals surface area contributed by atoms with Crippen molar-refractivity contribution in [3.8, 4) is 5.75 Å². The summed E-state index contributed by atoms with van der Waals surface area (Å²) in [4.78, 5) is 10.7. The van der Waals surface area contributed by atoms with Gasteiger partial charge in [0.15, 0.2) is 0 Å². The number of hydrogen-bond donors (Lipinski definition) is 2. The summed E-state index contributed by atoms with van der Waals surface area (Å²) in [6.45, 7) is 2.52. The van der Waals surface area contributed by atoms with Gasteiger partial charge in [-0.15, -0.1) is 0 Å². The highest BCUT2D eigenvalue weighted by Gasteiger charge is 2.05. The molecule has 0 spiro atoms. The number of carbonyl (C=O) groups is 1. The Hall–Kier alpha value is -1.55. The Morgan fingerprint density at radius 2 is 2.12 bits per heavy atom. The topological polar surface area (TPSA) is 66.8 Å². The van der Waals surface area contributed by atoms with Gasteiger partial charge in [0.2, 0.25) is 0 Å². The predicted molar refractivity (Wildman–Crippen MR) is 60.0 cm³/mol. The first-order valence-corrected chi connectivity index (χ1v) is 5.22. The quantitative estimate of drug-likeness (QED) is 0.723. The monoisotopic (exact) mass is 224 g/mol. The van der Waals surface area contributed by atoms with Crippen molar-refractivity contribution >= 4 is 5.97 Å². The van der Waals surface area contributed by atoms with E-state index in [4.69, 9.17) is 14.9 Å². The number of aryl methyl sites for hydroxylation is 1. The Bertz CT molecular complexity index is 360. The van der Waals surface area contributed by atoms with Crippen molar-refractivity contribution in [1.29, 1.82) is 0 Å². The lowest BCUT2D eigenvalue weighted by molar-refractivity contribution is 0.0696. The van der Waals surface area contributed by atoms with Gasteiger partial charge in [0, 0.05) is 6.61 Å². The van der Waals surface area contributed by atoms with E-state index in [2.05, 4.69) is 0 Å². The Morgan fingerprint density at radius 1 is 1.38 bits per heavy atom. The zero-order valence-corrected chi connectivity index (χ0v) is 9.27. The molecule has 0 aliphatic carbocycles. The number of aliphatic hydroxyl groups excluding tert-OH is 1. The summed E-state index contributed by atoms with van der Waals surface area (Å²) < 4.78 is 5.47. The van der Waals surface area contributed by atoms with E-state index in [-0.39, 0.29) is 12.2 Å². The molecule has 0 aliphatic rings. The summed E-state index contributed by atoms with van der Waals surface area (Å²) in [7, 11) is 0. The van der Waals surface area contributed by atoms with Crippen molar-refractivity contribution in [2.45, 2.75) is 19.8 Å². The second-order valence-corrected chi connectivity index (χ2v) is 3.56. The molecule has 16 heavy (non-hydrogen) atoms. The Kier molecular flexibility index (Phi) is 4.79. The Morgan fingerprint density at radius 3 is 2.69 bits per heavy atom. The van der Waals surface area contributed by atoms with E-state index >= 15 is 0 Å². The lowest BCUT2D eigenvalue weighted by Gasteiger charge is -2.09. The number of ether oxygens (including phenoxy) is 1. The van der Waals surface area contributed by atoms with Crippen molar-refractivity contribution in [3.05, 3.63) is 29.3 Å². The highest BCUT2D eigenvalue weighted by atomic mass is 16.5. The standard InChI is InChI=1S/C12H16O4/c1-9-8-10(12(14)15)4-5-11(9)16-7-3-2-6-13/h4-5,8,13H,2-3,6-7H2,1H3,(H,14,15). The maximum atomic E-state index is 10.7. The van der Waals surface area contributed by atoms with Gasteiger partial charge in [-0.2, -0.15) is 0 Å². The molecule has 0 aromatic heterocycles. The summed E-state index contributed by atoms with van der Waals surface area (Å²) in [5.74, 6) is -0.238. The second kappa shape index (κ2) is 6.12.